The van der Waals surface area contributed by atoms with E-state index in [1.165, 1.54) is 11.1 Å². The summed E-state index contributed by atoms with van der Waals surface area (Å²) in [6.07, 6.45) is 1.51. The highest BCUT2D eigenvalue weighted by molar-refractivity contribution is 7.89. The smallest absolute Gasteiger partial charge is 0.207 e. The first-order chi connectivity index (χ1) is 10.8. The van der Waals surface area contributed by atoms with E-state index in [2.05, 4.69) is 16.9 Å². The number of nitrogens with one attached hydrogen (secondary N) is 1. The van der Waals surface area contributed by atoms with Crippen LogP contribution in [0.1, 0.15) is 37.5 Å². The summed E-state index contributed by atoms with van der Waals surface area (Å²) in [5, 5.41) is 0. The van der Waals surface area contributed by atoms with Crippen LogP contribution in [-0.2, 0) is 28.3 Å². The Morgan fingerprint density at radius 3 is 2.00 bits per heavy atom. The lowest BCUT2D eigenvalue weighted by Crippen LogP contribution is -2.36. The lowest BCUT2D eigenvalue weighted by Gasteiger charge is -2.23. The van der Waals surface area contributed by atoms with Crippen molar-refractivity contribution in [1.29, 1.82) is 0 Å². The predicted octanol–water partition coefficient (Wildman–Crippen LogP) is 3.43. The van der Waals surface area contributed by atoms with Crippen molar-refractivity contribution in [3.63, 3.8) is 0 Å². The Bertz CT molecular complexity index is 794. The summed E-state index contributed by atoms with van der Waals surface area (Å²) in [5.74, 6) is 0. The Balaban J connectivity index is 1.87. The minimum Gasteiger partial charge on any atom is -0.207 e. The highest BCUT2D eigenvalue weighted by Crippen LogP contribution is 2.30. The molecule has 4 heteroatoms. The maximum absolute atomic E-state index is 12.9. The van der Waals surface area contributed by atoms with Gasteiger partial charge >= 0.3 is 0 Å². The summed E-state index contributed by atoms with van der Waals surface area (Å²) in [6.45, 7) is 6.10. The molecule has 1 aliphatic rings. The summed E-state index contributed by atoms with van der Waals surface area (Å²) >= 11 is 0. The zero-order valence-corrected chi connectivity index (χ0v) is 14.7. The van der Waals surface area contributed by atoms with Crippen molar-refractivity contribution in [1.82, 2.24) is 4.72 Å². The molecule has 0 fully saturated rings. The minimum atomic E-state index is -3.53. The van der Waals surface area contributed by atoms with Gasteiger partial charge in [-0.3, -0.25) is 0 Å². The molecule has 0 saturated heterocycles. The Labute approximate surface area is 138 Å². The number of hydrogen-bond acceptors (Lipinski definition) is 2. The van der Waals surface area contributed by atoms with Gasteiger partial charge in [-0.1, -0.05) is 63.2 Å². The Morgan fingerprint density at radius 2 is 1.43 bits per heavy atom. The second kappa shape index (κ2) is 5.77. The van der Waals surface area contributed by atoms with Gasteiger partial charge in [0.25, 0.3) is 0 Å². The molecule has 3 rings (SSSR count). The van der Waals surface area contributed by atoms with Crippen molar-refractivity contribution < 1.29 is 8.42 Å². The number of hydrogen-bond donors (Lipinski definition) is 1. The van der Waals surface area contributed by atoms with Crippen molar-refractivity contribution in [2.75, 3.05) is 0 Å². The Hall–Kier alpha value is -1.65. The Kier molecular flexibility index (Phi) is 4.07. The molecule has 122 valence electrons. The molecule has 1 N–H and O–H groups in total. The quantitative estimate of drug-likeness (QED) is 0.938. The topological polar surface area (TPSA) is 46.2 Å². The van der Waals surface area contributed by atoms with Gasteiger partial charge in [0.1, 0.15) is 0 Å². The van der Waals surface area contributed by atoms with E-state index in [1.54, 1.807) is 12.1 Å². The molecular formula is C19H23NO2S. The molecule has 2 aromatic rings. The van der Waals surface area contributed by atoms with Gasteiger partial charge in [-0.2, -0.15) is 0 Å². The van der Waals surface area contributed by atoms with Crippen LogP contribution in [-0.4, -0.2) is 14.5 Å². The highest BCUT2D eigenvalue weighted by atomic mass is 32.2. The molecule has 3 nitrogen and oxygen atoms in total. The molecule has 0 amide bonds. The average Bonchev–Trinajstić information content (AvgIpc) is 2.87. The van der Waals surface area contributed by atoms with E-state index >= 15 is 0 Å². The third-order valence-electron chi connectivity index (χ3n) is 4.36. The third kappa shape index (κ3) is 3.33. The summed E-state index contributed by atoms with van der Waals surface area (Å²) in [5.41, 5.74) is 3.11. The molecule has 0 unspecified atom stereocenters. The van der Waals surface area contributed by atoms with Crippen LogP contribution in [0.5, 0.6) is 0 Å². The molecule has 2 aromatic carbocycles. The van der Waals surface area contributed by atoms with Gasteiger partial charge in [0, 0.05) is 6.04 Å². The van der Waals surface area contributed by atoms with E-state index in [-0.39, 0.29) is 11.5 Å². The molecule has 1 aliphatic carbocycles. The minimum absolute atomic E-state index is 0.0644. The van der Waals surface area contributed by atoms with E-state index in [0.717, 1.165) is 18.4 Å². The first kappa shape index (κ1) is 16.2. The monoisotopic (exact) mass is 329 g/mol. The molecule has 0 radical (unpaired) electrons. The van der Waals surface area contributed by atoms with Crippen LogP contribution in [0.4, 0.5) is 0 Å². The molecular weight excluding hydrogens is 306 g/mol. The van der Waals surface area contributed by atoms with Gasteiger partial charge in [0.15, 0.2) is 0 Å². The fourth-order valence-corrected chi connectivity index (χ4v) is 4.90. The average molecular weight is 329 g/mol. The fraction of sp³-hybridized carbons (Fsp3) is 0.368. The van der Waals surface area contributed by atoms with E-state index in [1.807, 2.05) is 45.0 Å². The van der Waals surface area contributed by atoms with Crippen LogP contribution >= 0.6 is 0 Å². The van der Waals surface area contributed by atoms with Gasteiger partial charge in [0.05, 0.1) is 4.90 Å². The summed E-state index contributed by atoms with van der Waals surface area (Å²) in [7, 11) is -3.53. The van der Waals surface area contributed by atoms with Crippen LogP contribution in [0.25, 0.3) is 0 Å². The molecule has 0 aliphatic heterocycles. The van der Waals surface area contributed by atoms with Crippen molar-refractivity contribution in [2.24, 2.45) is 0 Å². The summed E-state index contributed by atoms with van der Waals surface area (Å²) in [6, 6.07) is 15.4. The molecule has 0 bridgehead atoms. The first-order valence-electron chi connectivity index (χ1n) is 7.96. The van der Waals surface area contributed by atoms with Crippen molar-refractivity contribution in [2.45, 2.75) is 50.0 Å². The van der Waals surface area contributed by atoms with Crippen molar-refractivity contribution in [3.05, 3.63) is 65.2 Å². The highest BCUT2D eigenvalue weighted by Gasteiger charge is 2.29. The van der Waals surface area contributed by atoms with Gasteiger partial charge in [0.2, 0.25) is 10.0 Å². The van der Waals surface area contributed by atoms with Crippen molar-refractivity contribution in [3.8, 4) is 0 Å². The number of fused-ring (bicyclic) bond motifs is 1. The third-order valence-corrected chi connectivity index (χ3v) is 5.94. The number of benzene rings is 2. The largest absolute Gasteiger partial charge is 0.241 e. The molecule has 0 atom stereocenters. The summed E-state index contributed by atoms with van der Waals surface area (Å²) in [4.78, 5) is 0.392. The van der Waals surface area contributed by atoms with E-state index < -0.39 is 10.0 Å². The normalized spacial score (nSPS) is 15.6. The van der Waals surface area contributed by atoms with Gasteiger partial charge in [-0.25, -0.2) is 13.1 Å². The van der Waals surface area contributed by atoms with E-state index in [0.29, 0.717) is 4.90 Å². The standard InChI is InChI=1S/C19H23NO2S/c1-19(2,3)17-10-6-7-11-18(17)23(21,22)20-16-12-14-8-4-5-9-15(14)13-16/h4-11,16,20H,12-13H2,1-3H3. The Morgan fingerprint density at radius 1 is 0.913 bits per heavy atom. The van der Waals surface area contributed by atoms with Crippen LogP contribution in [0.2, 0.25) is 0 Å². The van der Waals surface area contributed by atoms with Crippen molar-refractivity contribution >= 4 is 10.0 Å². The number of sulfonamides is 1. The van der Waals surface area contributed by atoms with Crippen LogP contribution in [0, 0.1) is 0 Å². The SMILES string of the molecule is CC(C)(C)c1ccccc1S(=O)(=O)NC1Cc2ccccc2C1. The summed E-state index contributed by atoms with van der Waals surface area (Å²) < 4.78 is 28.7. The zero-order chi connectivity index (χ0) is 16.7. The van der Waals surface area contributed by atoms with Gasteiger partial charge in [-0.15, -0.1) is 0 Å². The molecule has 0 saturated carbocycles. The van der Waals surface area contributed by atoms with Crippen LogP contribution in [0.3, 0.4) is 0 Å². The van der Waals surface area contributed by atoms with E-state index in [4.69, 9.17) is 0 Å². The molecule has 0 spiro atoms. The van der Waals surface area contributed by atoms with Gasteiger partial charge < -0.3 is 0 Å². The lowest BCUT2D eigenvalue weighted by atomic mass is 9.87. The maximum Gasteiger partial charge on any atom is 0.241 e. The van der Waals surface area contributed by atoms with Gasteiger partial charge in [-0.05, 0) is 41.0 Å². The molecule has 0 heterocycles. The molecule has 0 aromatic heterocycles. The predicted molar refractivity (Wildman–Crippen MR) is 93.1 cm³/mol. The lowest BCUT2D eigenvalue weighted by molar-refractivity contribution is 0.540. The second-order valence-electron chi connectivity index (χ2n) is 7.24. The van der Waals surface area contributed by atoms with E-state index in [9.17, 15) is 8.42 Å². The zero-order valence-electron chi connectivity index (χ0n) is 13.8. The van der Waals surface area contributed by atoms with Crippen LogP contribution < -0.4 is 4.72 Å². The maximum atomic E-state index is 12.9. The molecule has 23 heavy (non-hydrogen) atoms. The van der Waals surface area contributed by atoms with Crippen LogP contribution in [0.15, 0.2) is 53.4 Å². The number of rotatable bonds is 3. The second-order valence-corrected chi connectivity index (χ2v) is 8.92. The first-order valence-corrected chi connectivity index (χ1v) is 9.44. The fourth-order valence-electron chi connectivity index (χ4n) is 3.25.